The summed E-state index contributed by atoms with van der Waals surface area (Å²) < 4.78 is 0. The quantitative estimate of drug-likeness (QED) is 0.770. The Kier molecular flexibility index (Phi) is 5.54. The van der Waals surface area contributed by atoms with Gasteiger partial charge in [0.2, 0.25) is 0 Å². The molecule has 1 nitrogen and oxygen atoms in total. The normalized spacial score (nSPS) is 15.1. The van der Waals surface area contributed by atoms with E-state index in [-0.39, 0.29) is 0 Å². The summed E-state index contributed by atoms with van der Waals surface area (Å²) in [6.45, 7) is 9.11. The summed E-state index contributed by atoms with van der Waals surface area (Å²) >= 11 is 0. The van der Waals surface area contributed by atoms with Crippen molar-refractivity contribution in [3.8, 4) is 0 Å². The van der Waals surface area contributed by atoms with Crippen LogP contribution < -0.4 is 5.32 Å². The van der Waals surface area contributed by atoms with Crippen LogP contribution in [0.3, 0.4) is 0 Å². The molecule has 0 aliphatic heterocycles. The van der Waals surface area contributed by atoms with E-state index < -0.39 is 0 Å². The molecule has 0 saturated carbocycles. The van der Waals surface area contributed by atoms with Crippen LogP contribution in [0.1, 0.15) is 39.7 Å². The van der Waals surface area contributed by atoms with Crippen molar-refractivity contribution in [1.82, 2.24) is 5.32 Å². The van der Waals surface area contributed by atoms with Crippen LogP contribution >= 0.6 is 0 Å². The predicted octanol–water partition coefficient (Wildman–Crippen LogP) is 3.64. The highest BCUT2D eigenvalue weighted by Crippen LogP contribution is 2.09. The minimum Gasteiger partial charge on any atom is -0.311 e. The molecule has 1 heteroatoms. The van der Waals surface area contributed by atoms with Crippen molar-refractivity contribution in [2.45, 2.75) is 52.6 Å². The molecule has 0 heterocycles. The largest absolute Gasteiger partial charge is 0.311 e. The van der Waals surface area contributed by atoms with Gasteiger partial charge < -0.3 is 5.32 Å². The van der Waals surface area contributed by atoms with Crippen LogP contribution in [0.4, 0.5) is 0 Å². The van der Waals surface area contributed by atoms with Gasteiger partial charge in [0, 0.05) is 12.1 Å². The van der Waals surface area contributed by atoms with Gasteiger partial charge in [-0.1, -0.05) is 51.1 Å². The van der Waals surface area contributed by atoms with Crippen LogP contribution in [0.15, 0.2) is 30.3 Å². The lowest BCUT2D eigenvalue weighted by Crippen LogP contribution is -2.40. The zero-order valence-corrected chi connectivity index (χ0v) is 11.0. The first-order valence-corrected chi connectivity index (χ1v) is 6.43. The van der Waals surface area contributed by atoms with E-state index in [1.807, 2.05) is 0 Å². The first-order chi connectivity index (χ1) is 7.63. The smallest absolute Gasteiger partial charge is 0.00900 e. The molecule has 0 radical (unpaired) electrons. The zero-order valence-electron chi connectivity index (χ0n) is 11.0. The van der Waals surface area contributed by atoms with E-state index in [4.69, 9.17) is 0 Å². The standard InChI is InChI=1S/C15H25N/c1-5-15(12(2)3)16-13(4)11-14-9-7-6-8-10-14/h6-10,12-13,15-16H,5,11H2,1-4H3. The third-order valence-corrected chi connectivity index (χ3v) is 3.13. The van der Waals surface area contributed by atoms with E-state index in [0.29, 0.717) is 18.0 Å². The molecular formula is C15H25N. The molecule has 2 unspecified atom stereocenters. The monoisotopic (exact) mass is 219 g/mol. The Labute approximate surface area is 100 Å². The van der Waals surface area contributed by atoms with Crippen LogP contribution in [0.2, 0.25) is 0 Å². The highest BCUT2D eigenvalue weighted by molar-refractivity contribution is 5.15. The van der Waals surface area contributed by atoms with Crippen molar-refractivity contribution in [3.05, 3.63) is 35.9 Å². The van der Waals surface area contributed by atoms with Crippen LogP contribution in [-0.4, -0.2) is 12.1 Å². The molecule has 90 valence electrons. The first kappa shape index (κ1) is 13.2. The second-order valence-corrected chi connectivity index (χ2v) is 5.02. The van der Waals surface area contributed by atoms with Gasteiger partial charge in [0.15, 0.2) is 0 Å². The third kappa shape index (κ3) is 4.36. The number of hydrogen-bond acceptors (Lipinski definition) is 1. The van der Waals surface area contributed by atoms with Gasteiger partial charge >= 0.3 is 0 Å². The topological polar surface area (TPSA) is 12.0 Å². The maximum Gasteiger partial charge on any atom is 0.00900 e. The lowest BCUT2D eigenvalue weighted by atomic mass is 9.99. The van der Waals surface area contributed by atoms with Crippen LogP contribution in [0.5, 0.6) is 0 Å². The third-order valence-electron chi connectivity index (χ3n) is 3.13. The van der Waals surface area contributed by atoms with E-state index >= 15 is 0 Å². The molecular weight excluding hydrogens is 194 g/mol. The Balaban J connectivity index is 2.44. The first-order valence-electron chi connectivity index (χ1n) is 6.43. The molecule has 1 aromatic rings. The van der Waals surface area contributed by atoms with Crippen molar-refractivity contribution < 1.29 is 0 Å². The Hall–Kier alpha value is -0.820. The molecule has 0 saturated heterocycles. The molecule has 0 aliphatic carbocycles. The average molecular weight is 219 g/mol. The summed E-state index contributed by atoms with van der Waals surface area (Å²) in [5.41, 5.74) is 1.42. The fourth-order valence-electron chi connectivity index (χ4n) is 2.17. The van der Waals surface area contributed by atoms with Gasteiger partial charge in [-0.3, -0.25) is 0 Å². The number of rotatable bonds is 6. The van der Waals surface area contributed by atoms with E-state index in [2.05, 4.69) is 63.3 Å². The van der Waals surface area contributed by atoms with Gasteiger partial charge in [-0.25, -0.2) is 0 Å². The SMILES string of the molecule is CCC(NC(C)Cc1ccccc1)C(C)C. The van der Waals surface area contributed by atoms with Crippen molar-refractivity contribution in [1.29, 1.82) is 0 Å². The molecule has 0 fully saturated rings. The lowest BCUT2D eigenvalue weighted by molar-refractivity contribution is 0.351. The van der Waals surface area contributed by atoms with Crippen LogP contribution in [-0.2, 0) is 6.42 Å². The minimum atomic E-state index is 0.551. The second kappa shape index (κ2) is 6.70. The summed E-state index contributed by atoms with van der Waals surface area (Å²) in [4.78, 5) is 0. The van der Waals surface area contributed by atoms with Gasteiger partial charge in [-0.15, -0.1) is 0 Å². The fourth-order valence-corrected chi connectivity index (χ4v) is 2.17. The van der Waals surface area contributed by atoms with Crippen molar-refractivity contribution in [2.75, 3.05) is 0 Å². The molecule has 0 aromatic heterocycles. The fraction of sp³-hybridized carbons (Fsp3) is 0.600. The van der Waals surface area contributed by atoms with Crippen molar-refractivity contribution in [3.63, 3.8) is 0 Å². The summed E-state index contributed by atoms with van der Waals surface area (Å²) in [6.07, 6.45) is 2.32. The van der Waals surface area contributed by atoms with E-state index in [1.54, 1.807) is 0 Å². The maximum absolute atomic E-state index is 3.71. The summed E-state index contributed by atoms with van der Waals surface area (Å²) in [6, 6.07) is 11.9. The second-order valence-electron chi connectivity index (χ2n) is 5.02. The number of nitrogens with one attached hydrogen (secondary N) is 1. The van der Waals surface area contributed by atoms with Gasteiger partial charge in [-0.2, -0.15) is 0 Å². The van der Waals surface area contributed by atoms with Gasteiger partial charge in [0.05, 0.1) is 0 Å². The molecule has 0 amide bonds. The molecule has 0 bridgehead atoms. The highest BCUT2D eigenvalue weighted by Gasteiger charge is 2.13. The van der Waals surface area contributed by atoms with E-state index in [1.165, 1.54) is 12.0 Å². The van der Waals surface area contributed by atoms with Gasteiger partial charge in [0.25, 0.3) is 0 Å². The number of benzene rings is 1. The minimum absolute atomic E-state index is 0.551. The Morgan fingerprint density at radius 3 is 2.19 bits per heavy atom. The molecule has 0 aliphatic rings. The molecule has 1 aromatic carbocycles. The lowest BCUT2D eigenvalue weighted by Gasteiger charge is -2.25. The van der Waals surface area contributed by atoms with E-state index in [9.17, 15) is 0 Å². The molecule has 2 atom stereocenters. The van der Waals surface area contributed by atoms with Gasteiger partial charge in [0.1, 0.15) is 0 Å². The van der Waals surface area contributed by atoms with Gasteiger partial charge in [-0.05, 0) is 31.2 Å². The molecule has 1 rings (SSSR count). The molecule has 0 spiro atoms. The highest BCUT2D eigenvalue weighted by atomic mass is 14.9. The summed E-state index contributed by atoms with van der Waals surface area (Å²) in [5, 5.41) is 3.71. The molecule has 16 heavy (non-hydrogen) atoms. The van der Waals surface area contributed by atoms with Crippen molar-refractivity contribution in [2.24, 2.45) is 5.92 Å². The maximum atomic E-state index is 3.71. The summed E-state index contributed by atoms with van der Waals surface area (Å²) in [5.74, 6) is 0.711. The predicted molar refractivity (Wildman–Crippen MR) is 71.7 cm³/mol. The average Bonchev–Trinajstić information content (AvgIpc) is 2.27. The Bertz CT molecular complexity index is 279. The summed E-state index contributed by atoms with van der Waals surface area (Å²) in [7, 11) is 0. The van der Waals surface area contributed by atoms with Crippen LogP contribution in [0, 0.1) is 5.92 Å². The Morgan fingerprint density at radius 1 is 1.06 bits per heavy atom. The molecule has 1 N–H and O–H groups in total. The number of hydrogen-bond donors (Lipinski definition) is 1. The van der Waals surface area contributed by atoms with Crippen molar-refractivity contribution >= 4 is 0 Å². The van der Waals surface area contributed by atoms with E-state index in [0.717, 1.165) is 6.42 Å². The zero-order chi connectivity index (χ0) is 12.0. The Morgan fingerprint density at radius 2 is 1.69 bits per heavy atom. The van der Waals surface area contributed by atoms with Crippen LogP contribution in [0.25, 0.3) is 0 Å².